The highest BCUT2D eigenvalue weighted by Gasteiger charge is 1.99. The van der Waals surface area contributed by atoms with Gasteiger partial charge in [0.2, 0.25) is 6.41 Å². The van der Waals surface area contributed by atoms with E-state index in [4.69, 9.17) is 0 Å². The van der Waals surface area contributed by atoms with E-state index in [1.54, 1.807) is 22.8 Å². The summed E-state index contributed by atoms with van der Waals surface area (Å²) in [6, 6.07) is 1.89. The molecule has 0 bridgehead atoms. The molecule has 0 N–H and O–H groups in total. The molecule has 0 atom stereocenters. The summed E-state index contributed by atoms with van der Waals surface area (Å²) in [5, 5.41) is 3.98. The zero-order valence-electron chi connectivity index (χ0n) is 6.69. The minimum absolute atomic E-state index is 0.611. The summed E-state index contributed by atoms with van der Waals surface area (Å²) in [7, 11) is 3.59. The van der Waals surface area contributed by atoms with E-state index in [2.05, 4.69) is 5.10 Å². The van der Waals surface area contributed by atoms with Gasteiger partial charge in [0.25, 0.3) is 0 Å². The highest BCUT2D eigenvalue weighted by Crippen LogP contribution is 1.98. The van der Waals surface area contributed by atoms with Gasteiger partial charge in [-0.3, -0.25) is 9.48 Å². The standard InChI is InChI=1S/C7H11N3O/c1-9(6-11)5-7-3-4-8-10(7)2/h3-4,6H,5H2,1-2H3. The zero-order valence-corrected chi connectivity index (χ0v) is 6.69. The normalized spacial score (nSPS) is 9.64. The summed E-state index contributed by atoms with van der Waals surface area (Å²) in [5.41, 5.74) is 1.03. The summed E-state index contributed by atoms with van der Waals surface area (Å²) in [5.74, 6) is 0. The van der Waals surface area contributed by atoms with Crippen molar-refractivity contribution >= 4 is 6.41 Å². The number of aryl methyl sites for hydroxylation is 1. The SMILES string of the molecule is CN(C=O)Cc1ccnn1C. The summed E-state index contributed by atoms with van der Waals surface area (Å²) < 4.78 is 1.75. The maximum Gasteiger partial charge on any atom is 0.209 e. The van der Waals surface area contributed by atoms with Crippen LogP contribution in [0.15, 0.2) is 12.3 Å². The smallest absolute Gasteiger partial charge is 0.209 e. The highest BCUT2D eigenvalue weighted by molar-refractivity contribution is 5.46. The van der Waals surface area contributed by atoms with Crippen LogP contribution in [0.3, 0.4) is 0 Å². The van der Waals surface area contributed by atoms with E-state index in [-0.39, 0.29) is 0 Å². The second-order valence-electron chi connectivity index (χ2n) is 2.47. The molecule has 0 saturated heterocycles. The van der Waals surface area contributed by atoms with Gasteiger partial charge < -0.3 is 4.90 Å². The summed E-state index contributed by atoms with van der Waals surface area (Å²) in [6.45, 7) is 0.611. The zero-order chi connectivity index (χ0) is 8.27. The molecule has 1 aromatic rings. The van der Waals surface area contributed by atoms with Crippen molar-refractivity contribution in [3.8, 4) is 0 Å². The number of carbonyl (C=O) groups excluding carboxylic acids is 1. The number of nitrogens with zero attached hydrogens (tertiary/aromatic N) is 3. The first-order valence-corrected chi connectivity index (χ1v) is 3.36. The lowest BCUT2D eigenvalue weighted by molar-refractivity contribution is -0.117. The van der Waals surface area contributed by atoms with Crippen LogP contribution in [0.25, 0.3) is 0 Å². The van der Waals surface area contributed by atoms with Crippen molar-refractivity contribution in [1.29, 1.82) is 0 Å². The number of hydrogen-bond acceptors (Lipinski definition) is 2. The summed E-state index contributed by atoms with van der Waals surface area (Å²) in [6.07, 6.45) is 2.51. The van der Waals surface area contributed by atoms with E-state index in [0.717, 1.165) is 12.1 Å². The van der Waals surface area contributed by atoms with Gasteiger partial charge in [-0.15, -0.1) is 0 Å². The Morgan fingerprint density at radius 3 is 3.00 bits per heavy atom. The Hall–Kier alpha value is -1.32. The molecule has 1 aromatic heterocycles. The molecule has 0 unspecified atom stereocenters. The van der Waals surface area contributed by atoms with Gasteiger partial charge in [-0.1, -0.05) is 0 Å². The number of carbonyl (C=O) groups is 1. The fraction of sp³-hybridized carbons (Fsp3) is 0.429. The van der Waals surface area contributed by atoms with Crippen LogP contribution < -0.4 is 0 Å². The van der Waals surface area contributed by atoms with Gasteiger partial charge in [0.15, 0.2) is 0 Å². The number of hydrogen-bond donors (Lipinski definition) is 0. The molecule has 0 saturated carbocycles. The maximum atomic E-state index is 10.2. The average Bonchev–Trinajstić information content (AvgIpc) is 2.37. The van der Waals surface area contributed by atoms with Crippen molar-refractivity contribution in [2.75, 3.05) is 7.05 Å². The molecule has 60 valence electrons. The molecule has 0 aliphatic carbocycles. The molecule has 0 radical (unpaired) electrons. The highest BCUT2D eigenvalue weighted by atomic mass is 16.1. The maximum absolute atomic E-state index is 10.2. The predicted molar refractivity (Wildman–Crippen MR) is 40.7 cm³/mol. The topological polar surface area (TPSA) is 38.1 Å². The molecule has 1 heterocycles. The molecule has 11 heavy (non-hydrogen) atoms. The van der Waals surface area contributed by atoms with E-state index in [9.17, 15) is 4.79 Å². The van der Waals surface area contributed by atoms with E-state index < -0.39 is 0 Å². The number of amides is 1. The quantitative estimate of drug-likeness (QED) is 0.574. The second kappa shape index (κ2) is 3.18. The van der Waals surface area contributed by atoms with E-state index in [1.165, 1.54) is 0 Å². The fourth-order valence-electron chi connectivity index (χ4n) is 0.849. The molecule has 0 aliphatic heterocycles. The first kappa shape index (κ1) is 7.78. The van der Waals surface area contributed by atoms with Crippen LogP contribution in [-0.2, 0) is 18.4 Å². The van der Waals surface area contributed by atoms with Crippen LogP contribution in [0.2, 0.25) is 0 Å². The Bertz CT molecular complexity index is 244. The molecule has 0 aromatic carbocycles. The summed E-state index contributed by atoms with van der Waals surface area (Å²) >= 11 is 0. The van der Waals surface area contributed by atoms with Gasteiger partial charge in [-0.05, 0) is 6.07 Å². The average molecular weight is 153 g/mol. The molecule has 1 amide bonds. The predicted octanol–water partition coefficient (Wildman–Crippen LogP) is 0.00830. The van der Waals surface area contributed by atoms with Crippen molar-refractivity contribution in [2.24, 2.45) is 7.05 Å². The van der Waals surface area contributed by atoms with Gasteiger partial charge in [0.1, 0.15) is 0 Å². The van der Waals surface area contributed by atoms with Crippen LogP contribution in [0.1, 0.15) is 5.69 Å². The van der Waals surface area contributed by atoms with E-state index >= 15 is 0 Å². The Kier molecular flexibility index (Phi) is 2.25. The monoisotopic (exact) mass is 153 g/mol. The lowest BCUT2D eigenvalue weighted by Gasteiger charge is -2.09. The van der Waals surface area contributed by atoms with Crippen molar-refractivity contribution in [3.63, 3.8) is 0 Å². The minimum Gasteiger partial charge on any atom is -0.342 e. The molecular formula is C7H11N3O. The third-order valence-electron chi connectivity index (χ3n) is 1.51. The van der Waals surface area contributed by atoms with Gasteiger partial charge in [0.05, 0.1) is 12.2 Å². The van der Waals surface area contributed by atoms with Crippen LogP contribution in [0.5, 0.6) is 0 Å². The summed E-state index contributed by atoms with van der Waals surface area (Å²) in [4.78, 5) is 11.8. The van der Waals surface area contributed by atoms with Crippen LogP contribution in [-0.4, -0.2) is 28.1 Å². The van der Waals surface area contributed by atoms with Crippen molar-refractivity contribution in [2.45, 2.75) is 6.54 Å². The Balaban J connectivity index is 2.63. The second-order valence-corrected chi connectivity index (χ2v) is 2.47. The largest absolute Gasteiger partial charge is 0.342 e. The molecule has 4 heteroatoms. The molecule has 0 spiro atoms. The number of rotatable bonds is 3. The third kappa shape index (κ3) is 1.80. The lowest BCUT2D eigenvalue weighted by Crippen LogP contribution is -2.17. The van der Waals surface area contributed by atoms with Crippen LogP contribution in [0.4, 0.5) is 0 Å². The first-order chi connectivity index (χ1) is 5.24. The number of aromatic nitrogens is 2. The lowest BCUT2D eigenvalue weighted by atomic mass is 10.4. The molecule has 1 rings (SSSR count). The van der Waals surface area contributed by atoms with Crippen LogP contribution in [0, 0.1) is 0 Å². The van der Waals surface area contributed by atoms with Crippen molar-refractivity contribution < 1.29 is 4.79 Å². The fourth-order valence-corrected chi connectivity index (χ4v) is 0.849. The Morgan fingerprint density at radius 1 is 1.82 bits per heavy atom. The van der Waals surface area contributed by atoms with Gasteiger partial charge in [-0.25, -0.2) is 0 Å². The van der Waals surface area contributed by atoms with Gasteiger partial charge in [-0.2, -0.15) is 5.10 Å². The molecule has 4 nitrogen and oxygen atoms in total. The first-order valence-electron chi connectivity index (χ1n) is 3.36. The Morgan fingerprint density at radius 2 is 2.55 bits per heavy atom. The molecule has 0 aliphatic rings. The molecule has 0 fully saturated rings. The third-order valence-corrected chi connectivity index (χ3v) is 1.51. The van der Waals surface area contributed by atoms with Gasteiger partial charge in [0, 0.05) is 20.3 Å². The van der Waals surface area contributed by atoms with Crippen LogP contribution >= 0.6 is 0 Å². The van der Waals surface area contributed by atoms with E-state index in [1.807, 2.05) is 13.1 Å². The van der Waals surface area contributed by atoms with Crippen molar-refractivity contribution in [3.05, 3.63) is 18.0 Å². The molecular weight excluding hydrogens is 142 g/mol. The van der Waals surface area contributed by atoms with E-state index in [0.29, 0.717) is 6.54 Å². The van der Waals surface area contributed by atoms with Gasteiger partial charge >= 0.3 is 0 Å². The minimum atomic E-state index is 0.611. The Labute approximate surface area is 65.4 Å². The van der Waals surface area contributed by atoms with Crippen molar-refractivity contribution in [1.82, 2.24) is 14.7 Å².